The lowest BCUT2D eigenvalue weighted by molar-refractivity contribution is 0.262. The molecule has 0 aliphatic carbocycles. The number of hydrogen-bond donors (Lipinski definition) is 2. The van der Waals surface area contributed by atoms with Crippen molar-refractivity contribution in [2.24, 2.45) is 0 Å². The van der Waals surface area contributed by atoms with Crippen molar-refractivity contribution in [3.05, 3.63) is 71.8 Å². The molecule has 2 aromatic carbocycles. The molecule has 1 heterocycles. The molecular weight excluding hydrogens is 378 g/mol. The number of aromatic nitrogens is 1. The van der Waals surface area contributed by atoms with E-state index in [-0.39, 0.29) is 17.3 Å². The lowest BCUT2D eigenvalue weighted by atomic mass is 9.86. The first kappa shape index (κ1) is 21.2. The molecule has 0 bridgehead atoms. The first-order valence-corrected chi connectivity index (χ1v) is 9.73. The van der Waals surface area contributed by atoms with Gasteiger partial charge in [0, 0.05) is 17.3 Å². The number of carbonyl (C=O) groups is 1. The third-order valence-electron chi connectivity index (χ3n) is 4.50. The van der Waals surface area contributed by atoms with Gasteiger partial charge in [-0.15, -0.1) is 0 Å². The molecule has 156 valence electrons. The molecule has 0 aliphatic rings. The predicted molar refractivity (Wildman–Crippen MR) is 120 cm³/mol. The molecule has 0 aliphatic heterocycles. The van der Waals surface area contributed by atoms with Gasteiger partial charge < -0.3 is 20.1 Å². The van der Waals surface area contributed by atoms with Gasteiger partial charge in [0.1, 0.15) is 11.4 Å². The Balaban J connectivity index is 1.86. The van der Waals surface area contributed by atoms with Crippen LogP contribution in [0, 0.1) is 6.92 Å². The SMILES string of the molecule is COc1ccc(NC(=O)Nc2ccc(C)cc2)c(Oc2ccccc2C(C)(C)C)n1. The van der Waals surface area contributed by atoms with Crippen LogP contribution in [0.25, 0.3) is 0 Å². The molecule has 6 nitrogen and oxygen atoms in total. The number of nitrogens with one attached hydrogen (secondary N) is 2. The fourth-order valence-corrected chi connectivity index (χ4v) is 2.91. The first-order valence-electron chi connectivity index (χ1n) is 9.73. The number of amides is 2. The van der Waals surface area contributed by atoms with Crippen LogP contribution in [-0.2, 0) is 5.41 Å². The lowest BCUT2D eigenvalue weighted by Gasteiger charge is -2.23. The first-order chi connectivity index (χ1) is 14.3. The largest absolute Gasteiger partial charge is 0.481 e. The van der Waals surface area contributed by atoms with Gasteiger partial charge in [-0.1, -0.05) is 56.7 Å². The molecule has 0 spiro atoms. The van der Waals surface area contributed by atoms with Crippen molar-refractivity contribution in [2.75, 3.05) is 17.7 Å². The van der Waals surface area contributed by atoms with Crippen molar-refractivity contribution < 1.29 is 14.3 Å². The van der Waals surface area contributed by atoms with Crippen LogP contribution in [0.3, 0.4) is 0 Å². The van der Waals surface area contributed by atoms with Crippen LogP contribution in [0.5, 0.6) is 17.5 Å². The van der Waals surface area contributed by atoms with Gasteiger partial charge >= 0.3 is 6.03 Å². The average molecular weight is 405 g/mol. The number of para-hydroxylation sites is 1. The van der Waals surface area contributed by atoms with Gasteiger partial charge in [-0.3, -0.25) is 0 Å². The highest BCUT2D eigenvalue weighted by atomic mass is 16.5. The Hall–Kier alpha value is -3.54. The van der Waals surface area contributed by atoms with E-state index in [2.05, 4.69) is 36.4 Å². The number of pyridine rings is 1. The van der Waals surface area contributed by atoms with Crippen molar-refractivity contribution in [2.45, 2.75) is 33.1 Å². The number of ether oxygens (including phenoxy) is 2. The zero-order valence-corrected chi connectivity index (χ0v) is 17.9. The zero-order valence-electron chi connectivity index (χ0n) is 17.9. The summed E-state index contributed by atoms with van der Waals surface area (Å²) in [6.45, 7) is 8.33. The molecule has 1 aromatic heterocycles. The molecule has 6 heteroatoms. The Morgan fingerprint density at radius 3 is 2.30 bits per heavy atom. The molecule has 30 heavy (non-hydrogen) atoms. The number of methoxy groups -OCH3 is 1. The van der Waals surface area contributed by atoms with Crippen molar-refractivity contribution in [1.82, 2.24) is 4.98 Å². The summed E-state index contributed by atoms with van der Waals surface area (Å²) in [6, 6.07) is 18.3. The van der Waals surface area contributed by atoms with E-state index in [1.165, 1.54) is 7.11 Å². The Labute approximate surface area is 177 Å². The molecule has 3 aromatic rings. The minimum Gasteiger partial charge on any atom is -0.481 e. The number of rotatable bonds is 5. The number of benzene rings is 2. The number of carbonyl (C=O) groups excluding carboxylic acids is 1. The van der Waals surface area contributed by atoms with Crippen LogP contribution in [0.15, 0.2) is 60.7 Å². The van der Waals surface area contributed by atoms with Crippen molar-refractivity contribution in [3.63, 3.8) is 0 Å². The third-order valence-corrected chi connectivity index (χ3v) is 4.50. The summed E-state index contributed by atoms with van der Waals surface area (Å²) in [5, 5.41) is 5.62. The van der Waals surface area contributed by atoms with E-state index in [0.29, 0.717) is 23.0 Å². The smallest absolute Gasteiger partial charge is 0.323 e. The summed E-state index contributed by atoms with van der Waals surface area (Å²) in [5.74, 6) is 1.32. The van der Waals surface area contributed by atoms with E-state index < -0.39 is 0 Å². The fraction of sp³-hybridized carbons (Fsp3) is 0.250. The highest BCUT2D eigenvalue weighted by molar-refractivity contribution is 6.00. The topological polar surface area (TPSA) is 72.5 Å². The second-order valence-corrected chi connectivity index (χ2v) is 8.00. The molecular formula is C24H27N3O3. The van der Waals surface area contributed by atoms with E-state index in [1.54, 1.807) is 12.1 Å². The van der Waals surface area contributed by atoms with Gasteiger partial charge in [0.2, 0.25) is 11.8 Å². The van der Waals surface area contributed by atoms with Crippen LogP contribution < -0.4 is 20.1 Å². The Morgan fingerprint density at radius 1 is 0.933 bits per heavy atom. The van der Waals surface area contributed by atoms with Gasteiger partial charge in [-0.2, -0.15) is 4.98 Å². The molecule has 3 rings (SSSR count). The average Bonchev–Trinajstić information content (AvgIpc) is 2.70. The minimum atomic E-state index is -0.389. The summed E-state index contributed by atoms with van der Waals surface area (Å²) in [7, 11) is 1.53. The van der Waals surface area contributed by atoms with Gasteiger partial charge in [-0.25, -0.2) is 4.79 Å². The molecule has 0 fully saturated rings. The van der Waals surface area contributed by atoms with Crippen molar-refractivity contribution >= 4 is 17.4 Å². The van der Waals surface area contributed by atoms with E-state index >= 15 is 0 Å². The molecule has 0 radical (unpaired) electrons. The number of urea groups is 1. The maximum Gasteiger partial charge on any atom is 0.323 e. The predicted octanol–water partition coefficient (Wildman–Crippen LogP) is 6.13. The number of hydrogen-bond acceptors (Lipinski definition) is 4. The Morgan fingerprint density at radius 2 is 1.63 bits per heavy atom. The maximum absolute atomic E-state index is 12.5. The molecule has 2 amide bonds. The van der Waals surface area contributed by atoms with Crippen LogP contribution >= 0.6 is 0 Å². The second-order valence-electron chi connectivity index (χ2n) is 8.00. The molecule has 0 saturated carbocycles. The maximum atomic E-state index is 12.5. The highest BCUT2D eigenvalue weighted by Gasteiger charge is 2.20. The third kappa shape index (κ3) is 5.29. The van der Waals surface area contributed by atoms with Gasteiger partial charge in [0.25, 0.3) is 0 Å². The lowest BCUT2D eigenvalue weighted by Crippen LogP contribution is -2.20. The normalized spacial score (nSPS) is 11.0. The fourth-order valence-electron chi connectivity index (χ4n) is 2.91. The van der Waals surface area contributed by atoms with Crippen LogP contribution in [0.1, 0.15) is 31.9 Å². The van der Waals surface area contributed by atoms with E-state index in [0.717, 1.165) is 11.1 Å². The quantitative estimate of drug-likeness (QED) is 0.535. The highest BCUT2D eigenvalue weighted by Crippen LogP contribution is 2.36. The van der Waals surface area contributed by atoms with E-state index in [9.17, 15) is 4.79 Å². The van der Waals surface area contributed by atoms with Gasteiger partial charge in [0.05, 0.1) is 7.11 Å². The standard InChI is InChI=1S/C24H27N3O3/c1-16-10-12-17(13-11-16)25-23(28)26-19-14-15-21(29-5)27-22(19)30-20-9-7-6-8-18(20)24(2,3)4/h6-15H,1-5H3,(H2,25,26,28). The number of aryl methyl sites for hydroxylation is 1. The van der Waals surface area contributed by atoms with E-state index in [1.807, 2.05) is 55.5 Å². The monoisotopic (exact) mass is 405 g/mol. The van der Waals surface area contributed by atoms with Crippen LogP contribution in [0.2, 0.25) is 0 Å². The Bertz CT molecular complexity index is 1020. The molecule has 0 unspecified atom stereocenters. The van der Waals surface area contributed by atoms with Crippen molar-refractivity contribution in [3.8, 4) is 17.5 Å². The summed E-state index contributed by atoms with van der Waals surface area (Å²) in [5.41, 5.74) is 3.16. The van der Waals surface area contributed by atoms with Crippen LogP contribution in [0.4, 0.5) is 16.2 Å². The van der Waals surface area contributed by atoms with Gasteiger partial charge in [-0.05, 0) is 36.6 Å². The number of anilines is 2. The summed E-state index contributed by atoms with van der Waals surface area (Å²) in [6.07, 6.45) is 0. The zero-order chi connectivity index (χ0) is 21.7. The minimum absolute atomic E-state index is 0.119. The summed E-state index contributed by atoms with van der Waals surface area (Å²) < 4.78 is 11.4. The second kappa shape index (κ2) is 8.86. The molecule has 0 atom stereocenters. The summed E-state index contributed by atoms with van der Waals surface area (Å²) >= 11 is 0. The Kier molecular flexibility index (Phi) is 6.26. The number of nitrogens with zero attached hydrogens (tertiary/aromatic N) is 1. The van der Waals surface area contributed by atoms with Gasteiger partial charge in [0.15, 0.2) is 0 Å². The van der Waals surface area contributed by atoms with Crippen LogP contribution in [-0.4, -0.2) is 18.1 Å². The molecule has 2 N–H and O–H groups in total. The van der Waals surface area contributed by atoms with Crippen molar-refractivity contribution in [1.29, 1.82) is 0 Å². The van der Waals surface area contributed by atoms with E-state index in [4.69, 9.17) is 9.47 Å². The summed E-state index contributed by atoms with van der Waals surface area (Å²) in [4.78, 5) is 16.9. The molecule has 0 saturated heterocycles.